The lowest BCUT2D eigenvalue weighted by Gasteiger charge is -2.39. The molecule has 2 rings (SSSR count). The molecule has 18 heavy (non-hydrogen) atoms. The Hall–Kier alpha value is -0.650. The van der Waals surface area contributed by atoms with Crippen molar-refractivity contribution in [2.75, 3.05) is 39.8 Å². The van der Waals surface area contributed by atoms with E-state index in [-0.39, 0.29) is 11.8 Å². The van der Waals surface area contributed by atoms with Crippen LogP contribution in [-0.2, 0) is 4.79 Å². The van der Waals surface area contributed by atoms with Crippen LogP contribution < -0.4 is 10.6 Å². The van der Waals surface area contributed by atoms with Gasteiger partial charge in [0.05, 0.1) is 5.60 Å². The topological polar surface area (TPSA) is 64.6 Å². The van der Waals surface area contributed by atoms with Gasteiger partial charge in [-0.25, -0.2) is 0 Å². The van der Waals surface area contributed by atoms with Gasteiger partial charge in [0.1, 0.15) is 0 Å². The number of piperidine rings is 2. The summed E-state index contributed by atoms with van der Waals surface area (Å²) in [5.41, 5.74) is -0.523. The first-order valence-corrected chi connectivity index (χ1v) is 7.00. The molecule has 0 aromatic carbocycles. The Morgan fingerprint density at radius 3 is 2.56 bits per heavy atom. The zero-order valence-electron chi connectivity index (χ0n) is 11.2. The van der Waals surface area contributed by atoms with Gasteiger partial charge in [0.25, 0.3) is 0 Å². The van der Waals surface area contributed by atoms with Crippen LogP contribution in [-0.4, -0.2) is 61.3 Å². The standard InChI is InChI=1S/C13H25N3O2/c1-14-12(17)11-2-8-16(9-3-11)10-13(18)4-6-15-7-5-13/h11,15,18H,2-10H2,1H3,(H,14,17). The highest BCUT2D eigenvalue weighted by molar-refractivity contribution is 5.78. The first kappa shape index (κ1) is 13.8. The van der Waals surface area contributed by atoms with Crippen molar-refractivity contribution >= 4 is 5.91 Å². The average molecular weight is 255 g/mol. The molecule has 104 valence electrons. The van der Waals surface area contributed by atoms with Crippen molar-refractivity contribution in [1.29, 1.82) is 0 Å². The van der Waals surface area contributed by atoms with Gasteiger partial charge in [-0.1, -0.05) is 0 Å². The number of amides is 1. The number of rotatable bonds is 3. The maximum absolute atomic E-state index is 11.5. The molecule has 5 nitrogen and oxygen atoms in total. The average Bonchev–Trinajstić information content (AvgIpc) is 2.39. The van der Waals surface area contributed by atoms with Crippen LogP contribution in [0, 0.1) is 5.92 Å². The Morgan fingerprint density at radius 2 is 2.00 bits per heavy atom. The van der Waals surface area contributed by atoms with E-state index in [9.17, 15) is 9.90 Å². The summed E-state index contributed by atoms with van der Waals surface area (Å²) in [5, 5.41) is 16.5. The summed E-state index contributed by atoms with van der Waals surface area (Å²) in [6.07, 6.45) is 3.49. The summed E-state index contributed by atoms with van der Waals surface area (Å²) in [4.78, 5) is 13.8. The van der Waals surface area contributed by atoms with Crippen LogP contribution in [0.25, 0.3) is 0 Å². The first-order valence-electron chi connectivity index (χ1n) is 7.00. The summed E-state index contributed by atoms with van der Waals surface area (Å²) in [6.45, 7) is 4.42. The van der Waals surface area contributed by atoms with Gasteiger partial charge >= 0.3 is 0 Å². The Bertz CT molecular complexity index is 282. The number of hydrogen-bond acceptors (Lipinski definition) is 4. The number of nitrogens with zero attached hydrogens (tertiary/aromatic N) is 1. The Balaban J connectivity index is 1.77. The molecule has 0 aromatic heterocycles. The number of nitrogens with one attached hydrogen (secondary N) is 2. The molecule has 5 heteroatoms. The van der Waals surface area contributed by atoms with E-state index in [0.29, 0.717) is 0 Å². The van der Waals surface area contributed by atoms with Gasteiger partial charge in [-0.05, 0) is 51.9 Å². The minimum absolute atomic E-state index is 0.161. The third-order valence-corrected chi connectivity index (χ3v) is 4.26. The molecule has 0 aromatic rings. The van der Waals surface area contributed by atoms with E-state index in [1.165, 1.54) is 0 Å². The highest BCUT2D eigenvalue weighted by Gasteiger charge is 2.33. The molecular weight excluding hydrogens is 230 g/mol. The molecule has 0 bridgehead atoms. The van der Waals surface area contributed by atoms with Crippen molar-refractivity contribution in [2.45, 2.75) is 31.3 Å². The largest absolute Gasteiger partial charge is 0.388 e. The van der Waals surface area contributed by atoms with Gasteiger partial charge in [0.2, 0.25) is 5.91 Å². The second kappa shape index (κ2) is 5.99. The van der Waals surface area contributed by atoms with Gasteiger partial charge in [0, 0.05) is 19.5 Å². The van der Waals surface area contributed by atoms with Crippen LogP contribution in [0.3, 0.4) is 0 Å². The zero-order valence-corrected chi connectivity index (χ0v) is 11.2. The lowest BCUT2D eigenvalue weighted by Crippen LogP contribution is -2.51. The number of likely N-dealkylation sites (tertiary alicyclic amines) is 1. The van der Waals surface area contributed by atoms with Crippen molar-refractivity contribution < 1.29 is 9.90 Å². The molecule has 1 amide bonds. The maximum Gasteiger partial charge on any atom is 0.222 e. The van der Waals surface area contributed by atoms with Crippen LogP contribution in [0.4, 0.5) is 0 Å². The molecule has 3 N–H and O–H groups in total. The van der Waals surface area contributed by atoms with Crippen LogP contribution in [0.15, 0.2) is 0 Å². The fraction of sp³-hybridized carbons (Fsp3) is 0.923. The molecule has 2 fully saturated rings. The quantitative estimate of drug-likeness (QED) is 0.640. The molecule has 2 aliphatic rings. The van der Waals surface area contributed by atoms with E-state index in [1.54, 1.807) is 7.05 Å². The molecule has 0 unspecified atom stereocenters. The Labute approximate surface area is 109 Å². The Kier molecular flexibility index (Phi) is 4.59. The van der Waals surface area contributed by atoms with Crippen LogP contribution in [0.2, 0.25) is 0 Å². The predicted molar refractivity (Wildman–Crippen MR) is 70.3 cm³/mol. The van der Waals surface area contributed by atoms with E-state index in [4.69, 9.17) is 0 Å². The summed E-state index contributed by atoms with van der Waals surface area (Å²) in [7, 11) is 1.70. The number of hydrogen-bond donors (Lipinski definition) is 3. The van der Waals surface area contributed by atoms with Crippen molar-refractivity contribution in [3.63, 3.8) is 0 Å². The van der Waals surface area contributed by atoms with E-state index in [0.717, 1.165) is 58.4 Å². The lowest BCUT2D eigenvalue weighted by atomic mass is 9.89. The van der Waals surface area contributed by atoms with Crippen LogP contribution in [0.1, 0.15) is 25.7 Å². The third kappa shape index (κ3) is 3.43. The van der Waals surface area contributed by atoms with Gasteiger partial charge in [-0.2, -0.15) is 0 Å². The summed E-state index contributed by atoms with van der Waals surface area (Å²) < 4.78 is 0. The molecule has 2 aliphatic heterocycles. The van der Waals surface area contributed by atoms with Crippen molar-refractivity contribution in [2.24, 2.45) is 5.92 Å². The highest BCUT2D eigenvalue weighted by atomic mass is 16.3. The molecule has 0 atom stereocenters. The van der Waals surface area contributed by atoms with Crippen molar-refractivity contribution in [3.05, 3.63) is 0 Å². The smallest absolute Gasteiger partial charge is 0.222 e. The number of aliphatic hydroxyl groups is 1. The highest BCUT2D eigenvalue weighted by Crippen LogP contribution is 2.23. The first-order chi connectivity index (χ1) is 8.63. The Morgan fingerprint density at radius 1 is 1.39 bits per heavy atom. The summed E-state index contributed by atoms with van der Waals surface area (Å²) >= 11 is 0. The van der Waals surface area contributed by atoms with Gasteiger partial charge < -0.3 is 20.6 Å². The molecule has 2 heterocycles. The summed E-state index contributed by atoms with van der Waals surface area (Å²) in [6, 6.07) is 0. The monoisotopic (exact) mass is 255 g/mol. The van der Waals surface area contributed by atoms with E-state index < -0.39 is 5.60 Å². The number of carbonyl (C=O) groups is 1. The second-order valence-electron chi connectivity index (χ2n) is 5.64. The molecule has 0 radical (unpaired) electrons. The minimum atomic E-state index is -0.523. The van der Waals surface area contributed by atoms with Crippen LogP contribution in [0.5, 0.6) is 0 Å². The SMILES string of the molecule is CNC(=O)C1CCN(CC2(O)CCNCC2)CC1. The second-order valence-corrected chi connectivity index (χ2v) is 5.64. The predicted octanol–water partition coefficient (Wildman–Crippen LogP) is -0.441. The number of β-amino-alcohol motifs (C(OH)–C–C–N with tert-alkyl or cyclic N) is 1. The molecule has 0 spiro atoms. The summed E-state index contributed by atoms with van der Waals surface area (Å²) in [5.74, 6) is 0.323. The minimum Gasteiger partial charge on any atom is -0.388 e. The normalized spacial score (nSPS) is 25.9. The molecular formula is C13H25N3O2. The van der Waals surface area contributed by atoms with Crippen molar-refractivity contribution in [1.82, 2.24) is 15.5 Å². The van der Waals surface area contributed by atoms with Gasteiger partial charge in [0.15, 0.2) is 0 Å². The molecule has 0 saturated carbocycles. The van der Waals surface area contributed by atoms with Crippen molar-refractivity contribution in [3.8, 4) is 0 Å². The van der Waals surface area contributed by atoms with E-state index in [1.807, 2.05) is 0 Å². The third-order valence-electron chi connectivity index (χ3n) is 4.26. The van der Waals surface area contributed by atoms with E-state index >= 15 is 0 Å². The molecule has 2 saturated heterocycles. The van der Waals surface area contributed by atoms with E-state index in [2.05, 4.69) is 15.5 Å². The molecule has 0 aliphatic carbocycles. The van der Waals surface area contributed by atoms with Gasteiger partial charge in [-0.15, -0.1) is 0 Å². The fourth-order valence-corrected chi connectivity index (χ4v) is 3.02. The number of carbonyl (C=O) groups excluding carboxylic acids is 1. The van der Waals surface area contributed by atoms with Gasteiger partial charge in [-0.3, -0.25) is 4.79 Å². The zero-order chi connectivity index (χ0) is 13.0. The fourth-order valence-electron chi connectivity index (χ4n) is 3.02. The van der Waals surface area contributed by atoms with Crippen LogP contribution >= 0.6 is 0 Å². The maximum atomic E-state index is 11.5. The lowest BCUT2D eigenvalue weighted by molar-refractivity contribution is -0.126.